The third-order valence-electron chi connectivity index (χ3n) is 7.99. The van der Waals surface area contributed by atoms with Gasteiger partial charge < -0.3 is 10.2 Å². The molecule has 0 radical (unpaired) electrons. The van der Waals surface area contributed by atoms with E-state index in [1.807, 2.05) is 86.5 Å². The quantitative estimate of drug-likeness (QED) is 0.435. The first-order valence-electron chi connectivity index (χ1n) is 12.5. The van der Waals surface area contributed by atoms with Crippen molar-refractivity contribution in [1.29, 1.82) is 0 Å². The highest BCUT2D eigenvalue weighted by Crippen LogP contribution is 2.62. The number of hydrogen-bond acceptors (Lipinski definition) is 4. The molecule has 1 spiro atoms. The van der Waals surface area contributed by atoms with Crippen LogP contribution in [0.2, 0.25) is 5.02 Å². The van der Waals surface area contributed by atoms with Crippen molar-refractivity contribution in [3.63, 3.8) is 0 Å². The van der Waals surface area contributed by atoms with Crippen LogP contribution in [0.15, 0.2) is 79.0 Å². The molecule has 3 aromatic carbocycles. The second kappa shape index (κ2) is 8.15. The summed E-state index contributed by atoms with van der Waals surface area (Å²) in [7, 11) is 0. The van der Waals surface area contributed by atoms with E-state index >= 15 is 0 Å². The number of nitrogens with one attached hydrogen (secondary N) is 1. The van der Waals surface area contributed by atoms with Gasteiger partial charge in [-0.1, -0.05) is 74.8 Å². The maximum absolute atomic E-state index is 14.5. The van der Waals surface area contributed by atoms with Crippen LogP contribution in [0.25, 0.3) is 6.08 Å². The van der Waals surface area contributed by atoms with Crippen LogP contribution in [-0.2, 0) is 15.0 Å². The summed E-state index contributed by atoms with van der Waals surface area (Å²) in [5, 5.41) is 3.58. The molecule has 1 amide bonds. The zero-order valence-electron chi connectivity index (χ0n) is 20.9. The largest absolute Gasteiger partial charge is 0.358 e. The molecule has 186 valence electrons. The molecular formula is C31H27ClN2O3. The average Bonchev–Trinajstić information content (AvgIpc) is 3.35. The maximum atomic E-state index is 14.5. The van der Waals surface area contributed by atoms with Gasteiger partial charge in [0.05, 0.1) is 18.0 Å². The minimum atomic E-state index is -1.31. The first kappa shape index (κ1) is 23.7. The molecule has 6 rings (SSSR count). The Morgan fingerprint density at radius 2 is 1.62 bits per heavy atom. The fourth-order valence-corrected chi connectivity index (χ4v) is 6.53. The number of nitrogens with zero attached hydrogens (tertiary/aromatic N) is 1. The third kappa shape index (κ3) is 3.27. The van der Waals surface area contributed by atoms with Gasteiger partial charge in [0.15, 0.2) is 11.6 Å². The van der Waals surface area contributed by atoms with Crippen molar-refractivity contribution in [3.05, 3.63) is 106 Å². The van der Waals surface area contributed by atoms with E-state index in [-0.39, 0.29) is 17.5 Å². The van der Waals surface area contributed by atoms with Crippen molar-refractivity contribution in [2.45, 2.75) is 38.3 Å². The number of ketones is 2. The lowest BCUT2D eigenvalue weighted by Crippen LogP contribution is -2.50. The van der Waals surface area contributed by atoms with E-state index in [1.54, 1.807) is 24.3 Å². The number of para-hydroxylation sites is 1. The van der Waals surface area contributed by atoms with Gasteiger partial charge in [-0.05, 0) is 53.1 Å². The highest BCUT2D eigenvalue weighted by molar-refractivity contribution is 6.30. The SMILES string of the molecule is CC(C)(C)C(=O)C1C(C(=O)c2ccc(Cl)cc2)C2(C(=O)Nc3ccccc32)C2c3ccccc3C=CN12. The van der Waals surface area contributed by atoms with Crippen LogP contribution in [0.3, 0.4) is 0 Å². The van der Waals surface area contributed by atoms with Crippen LogP contribution in [0.4, 0.5) is 5.69 Å². The smallest absolute Gasteiger partial charge is 0.238 e. The summed E-state index contributed by atoms with van der Waals surface area (Å²) >= 11 is 6.13. The van der Waals surface area contributed by atoms with Crippen LogP contribution in [0, 0.1) is 11.3 Å². The Hall–Kier alpha value is -3.70. The summed E-state index contributed by atoms with van der Waals surface area (Å²) < 4.78 is 0. The molecule has 5 nitrogen and oxygen atoms in total. The fraction of sp³-hybridized carbons (Fsp3) is 0.258. The Labute approximate surface area is 221 Å². The number of amides is 1. The Kier molecular flexibility index (Phi) is 5.22. The monoisotopic (exact) mass is 510 g/mol. The molecule has 6 heteroatoms. The van der Waals surface area contributed by atoms with Crippen molar-refractivity contribution < 1.29 is 14.4 Å². The summed E-state index contributed by atoms with van der Waals surface area (Å²) in [6, 6.07) is 20.8. The van der Waals surface area contributed by atoms with Gasteiger partial charge in [0, 0.05) is 27.9 Å². The van der Waals surface area contributed by atoms with Crippen molar-refractivity contribution in [2.75, 3.05) is 5.32 Å². The molecule has 3 aromatic rings. The molecule has 3 heterocycles. The predicted molar refractivity (Wildman–Crippen MR) is 144 cm³/mol. The number of carbonyl (C=O) groups is 3. The lowest BCUT2D eigenvalue weighted by molar-refractivity contribution is -0.131. The van der Waals surface area contributed by atoms with Crippen LogP contribution in [0.5, 0.6) is 0 Å². The lowest BCUT2D eigenvalue weighted by atomic mass is 9.62. The summed E-state index contributed by atoms with van der Waals surface area (Å²) in [5.74, 6) is -1.54. The minimum Gasteiger partial charge on any atom is -0.358 e. The van der Waals surface area contributed by atoms with Crippen molar-refractivity contribution >= 4 is 40.8 Å². The van der Waals surface area contributed by atoms with Crippen LogP contribution in [-0.4, -0.2) is 28.4 Å². The lowest BCUT2D eigenvalue weighted by Gasteiger charge is -2.38. The molecule has 0 aromatic heterocycles. The zero-order valence-corrected chi connectivity index (χ0v) is 21.6. The van der Waals surface area contributed by atoms with Gasteiger partial charge in [-0.2, -0.15) is 0 Å². The second-order valence-corrected chi connectivity index (χ2v) is 11.5. The fourth-order valence-electron chi connectivity index (χ4n) is 6.41. The molecule has 1 N–H and O–H groups in total. The molecular weight excluding hydrogens is 484 g/mol. The van der Waals surface area contributed by atoms with Gasteiger partial charge in [0.1, 0.15) is 5.41 Å². The first-order valence-corrected chi connectivity index (χ1v) is 12.8. The number of hydrogen-bond donors (Lipinski definition) is 1. The molecule has 4 atom stereocenters. The predicted octanol–water partition coefficient (Wildman–Crippen LogP) is 6.05. The van der Waals surface area contributed by atoms with Crippen molar-refractivity contribution in [2.24, 2.45) is 11.3 Å². The molecule has 0 bridgehead atoms. The third-order valence-corrected chi connectivity index (χ3v) is 8.24. The van der Waals surface area contributed by atoms with Gasteiger partial charge >= 0.3 is 0 Å². The molecule has 4 unspecified atom stereocenters. The summed E-state index contributed by atoms with van der Waals surface area (Å²) in [6.45, 7) is 5.59. The van der Waals surface area contributed by atoms with E-state index in [1.165, 1.54) is 0 Å². The highest BCUT2D eigenvalue weighted by atomic mass is 35.5. The van der Waals surface area contributed by atoms with Gasteiger partial charge in [0.2, 0.25) is 5.91 Å². The van der Waals surface area contributed by atoms with Crippen molar-refractivity contribution in [3.8, 4) is 0 Å². The van der Waals surface area contributed by atoms with Gasteiger partial charge in [0.25, 0.3) is 0 Å². The Morgan fingerprint density at radius 3 is 2.35 bits per heavy atom. The van der Waals surface area contributed by atoms with E-state index < -0.39 is 28.8 Å². The Morgan fingerprint density at radius 1 is 0.946 bits per heavy atom. The number of anilines is 1. The summed E-state index contributed by atoms with van der Waals surface area (Å²) in [5.41, 5.74) is 1.71. The normalized spacial score (nSPS) is 25.5. The Balaban J connectivity index is 1.69. The van der Waals surface area contributed by atoms with Crippen LogP contribution >= 0.6 is 11.6 Å². The standard InChI is InChI=1S/C31H27ClN2O3/c1-30(2,3)28(36)25-24(26(35)19-12-14-20(32)15-13-19)31(22-10-6-7-11-23(22)33-29(31)37)27-21-9-5-4-8-18(21)16-17-34(25)27/h4-17,24-25,27H,1-3H3,(H,33,37). The molecule has 0 aliphatic carbocycles. The topological polar surface area (TPSA) is 66.5 Å². The van der Waals surface area contributed by atoms with E-state index in [9.17, 15) is 14.4 Å². The van der Waals surface area contributed by atoms with E-state index in [0.717, 1.165) is 16.7 Å². The zero-order chi connectivity index (χ0) is 26.1. The van der Waals surface area contributed by atoms with E-state index in [2.05, 4.69) is 5.32 Å². The first-order chi connectivity index (χ1) is 17.7. The molecule has 37 heavy (non-hydrogen) atoms. The number of halogens is 1. The molecule has 0 saturated carbocycles. The van der Waals surface area contributed by atoms with E-state index in [0.29, 0.717) is 16.3 Å². The molecule has 1 saturated heterocycles. The second-order valence-electron chi connectivity index (χ2n) is 11.1. The number of Topliss-reactive ketones (excluding diaryl/α,β-unsaturated/α-hetero) is 2. The number of fused-ring (bicyclic) bond motifs is 6. The molecule has 3 aliphatic heterocycles. The average molecular weight is 511 g/mol. The van der Waals surface area contributed by atoms with Crippen molar-refractivity contribution in [1.82, 2.24) is 4.90 Å². The summed E-state index contributed by atoms with van der Waals surface area (Å²) in [4.78, 5) is 45.0. The highest BCUT2D eigenvalue weighted by Gasteiger charge is 2.71. The van der Waals surface area contributed by atoms with Crippen LogP contribution < -0.4 is 5.32 Å². The summed E-state index contributed by atoms with van der Waals surface area (Å²) in [6.07, 6.45) is 3.86. The number of carbonyl (C=O) groups excluding carboxylic acids is 3. The van der Waals surface area contributed by atoms with Gasteiger partial charge in [-0.3, -0.25) is 14.4 Å². The van der Waals surface area contributed by atoms with Crippen LogP contribution in [0.1, 0.15) is 53.9 Å². The van der Waals surface area contributed by atoms with Gasteiger partial charge in [-0.25, -0.2) is 0 Å². The van der Waals surface area contributed by atoms with E-state index in [4.69, 9.17) is 11.6 Å². The van der Waals surface area contributed by atoms with Gasteiger partial charge in [-0.15, -0.1) is 0 Å². The number of benzene rings is 3. The molecule has 1 fully saturated rings. The molecule has 3 aliphatic rings. The number of rotatable bonds is 3. The minimum absolute atomic E-state index is 0.0806. The maximum Gasteiger partial charge on any atom is 0.238 e. The Bertz CT molecular complexity index is 1490.